The lowest BCUT2D eigenvalue weighted by molar-refractivity contribution is -0.127. The molecule has 0 aromatic rings. The average molecular weight is 199 g/mol. The van der Waals surface area contributed by atoms with E-state index in [-0.39, 0.29) is 5.91 Å². The van der Waals surface area contributed by atoms with Crippen molar-refractivity contribution < 1.29 is 4.79 Å². The molecule has 82 valence electrons. The summed E-state index contributed by atoms with van der Waals surface area (Å²) in [6.45, 7) is 3.72. The van der Waals surface area contributed by atoms with Crippen molar-refractivity contribution in [1.82, 2.24) is 15.1 Å². The predicted molar refractivity (Wildman–Crippen MR) is 57.2 cm³/mol. The molecule has 4 heteroatoms. The summed E-state index contributed by atoms with van der Waals surface area (Å²) >= 11 is 0. The van der Waals surface area contributed by atoms with Gasteiger partial charge in [0.25, 0.3) is 0 Å². The highest BCUT2D eigenvalue weighted by Gasteiger charge is 2.25. The van der Waals surface area contributed by atoms with E-state index < -0.39 is 0 Å². The maximum Gasteiger partial charge on any atom is 0.236 e. The maximum atomic E-state index is 11.3. The lowest BCUT2D eigenvalue weighted by Crippen LogP contribution is -2.39. The number of nitrogens with one attached hydrogen (secondary N) is 1. The lowest BCUT2D eigenvalue weighted by Gasteiger charge is -2.15. The van der Waals surface area contributed by atoms with Crippen molar-refractivity contribution in [3.63, 3.8) is 0 Å². The van der Waals surface area contributed by atoms with Crippen LogP contribution in [0.25, 0.3) is 0 Å². The normalized spacial score (nSPS) is 28.0. The Morgan fingerprint density at radius 1 is 1.57 bits per heavy atom. The zero-order valence-corrected chi connectivity index (χ0v) is 9.58. The first kappa shape index (κ1) is 11.5. The van der Waals surface area contributed by atoms with E-state index in [0.717, 1.165) is 13.0 Å². The Hall–Kier alpha value is -0.610. The fourth-order valence-electron chi connectivity index (χ4n) is 1.73. The van der Waals surface area contributed by atoms with E-state index in [2.05, 4.69) is 24.2 Å². The molecule has 2 unspecified atom stereocenters. The Kier molecular flexibility index (Phi) is 3.89. The van der Waals surface area contributed by atoms with Gasteiger partial charge in [0.05, 0.1) is 6.54 Å². The summed E-state index contributed by atoms with van der Waals surface area (Å²) in [5.74, 6) is 0.146. The smallest absolute Gasteiger partial charge is 0.236 e. The van der Waals surface area contributed by atoms with Gasteiger partial charge in [0.2, 0.25) is 5.91 Å². The van der Waals surface area contributed by atoms with E-state index in [4.69, 9.17) is 0 Å². The fourth-order valence-corrected chi connectivity index (χ4v) is 1.73. The van der Waals surface area contributed by atoms with Crippen LogP contribution in [0.3, 0.4) is 0 Å². The Bertz CT molecular complexity index is 196. The quantitative estimate of drug-likeness (QED) is 0.681. The number of hydrogen-bond donors (Lipinski definition) is 1. The zero-order chi connectivity index (χ0) is 10.7. The minimum Gasteiger partial charge on any atom is -0.348 e. The largest absolute Gasteiger partial charge is 0.348 e. The Balaban J connectivity index is 2.23. The third kappa shape index (κ3) is 2.96. The number of likely N-dealkylation sites (N-methyl/N-ethyl adjacent to an activating group) is 2. The van der Waals surface area contributed by atoms with E-state index in [0.29, 0.717) is 18.6 Å². The van der Waals surface area contributed by atoms with Gasteiger partial charge in [0.15, 0.2) is 0 Å². The van der Waals surface area contributed by atoms with Crippen LogP contribution in [0.15, 0.2) is 0 Å². The highest BCUT2D eigenvalue weighted by Crippen LogP contribution is 2.14. The van der Waals surface area contributed by atoms with Crippen LogP contribution in [-0.2, 0) is 4.79 Å². The highest BCUT2D eigenvalue weighted by molar-refractivity contribution is 5.77. The van der Waals surface area contributed by atoms with Crippen molar-refractivity contribution in [3.8, 4) is 0 Å². The number of likely N-dealkylation sites (tertiary alicyclic amines) is 1. The molecule has 0 aromatic carbocycles. The molecule has 0 radical (unpaired) electrons. The number of amides is 1. The first-order chi connectivity index (χ1) is 6.50. The highest BCUT2D eigenvalue weighted by atomic mass is 16.2. The average Bonchev–Trinajstić information content (AvgIpc) is 2.42. The summed E-state index contributed by atoms with van der Waals surface area (Å²) in [5, 5.41) is 3.29. The maximum absolute atomic E-state index is 11.3. The third-order valence-electron chi connectivity index (χ3n) is 2.93. The zero-order valence-electron chi connectivity index (χ0n) is 9.58. The molecule has 1 aliphatic heterocycles. The number of nitrogens with zero attached hydrogens (tertiary/aromatic N) is 2. The number of hydrogen-bond acceptors (Lipinski definition) is 3. The van der Waals surface area contributed by atoms with Crippen molar-refractivity contribution in [2.45, 2.75) is 25.4 Å². The molecular weight excluding hydrogens is 178 g/mol. The second kappa shape index (κ2) is 4.75. The van der Waals surface area contributed by atoms with Gasteiger partial charge in [-0.3, -0.25) is 4.79 Å². The molecule has 1 heterocycles. The van der Waals surface area contributed by atoms with Gasteiger partial charge in [-0.1, -0.05) is 0 Å². The molecule has 0 saturated carbocycles. The molecule has 0 bridgehead atoms. The molecule has 1 amide bonds. The second-order valence-corrected chi connectivity index (χ2v) is 4.39. The molecule has 0 spiro atoms. The van der Waals surface area contributed by atoms with Crippen molar-refractivity contribution in [3.05, 3.63) is 0 Å². The SMILES string of the molecule is CC1CC(NCC(=O)N(C)C)CN1C. The van der Waals surface area contributed by atoms with E-state index >= 15 is 0 Å². The van der Waals surface area contributed by atoms with Crippen molar-refractivity contribution in [2.24, 2.45) is 0 Å². The van der Waals surface area contributed by atoms with Crippen molar-refractivity contribution in [2.75, 3.05) is 34.2 Å². The molecule has 1 rings (SSSR count). The van der Waals surface area contributed by atoms with Gasteiger partial charge < -0.3 is 15.1 Å². The molecule has 4 nitrogen and oxygen atoms in total. The van der Waals surface area contributed by atoms with Crippen LogP contribution >= 0.6 is 0 Å². The van der Waals surface area contributed by atoms with Crippen molar-refractivity contribution in [1.29, 1.82) is 0 Å². The Labute approximate surface area is 86.2 Å². The summed E-state index contributed by atoms with van der Waals surface area (Å²) < 4.78 is 0. The number of rotatable bonds is 3. The summed E-state index contributed by atoms with van der Waals surface area (Å²) in [6, 6.07) is 1.10. The Morgan fingerprint density at radius 3 is 2.64 bits per heavy atom. The molecule has 0 aliphatic carbocycles. The summed E-state index contributed by atoms with van der Waals surface area (Å²) in [6.07, 6.45) is 1.14. The van der Waals surface area contributed by atoms with E-state index in [1.54, 1.807) is 19.0 Å². The van der Waals surface area contributed by atoms with E-state index in [1.165, 1.54) is 0 Å². The number of carbonyl (C=O) groups excluding carboxylic acids is 1. The van der Waals surface area contributed by atoms with Gasteiger partial charge in [-0.2, -0.15) is 0 Å². The molecule has 1 saturated heterocycles. The van der Waals surface area contributed by atoms with Gasteiger partial charge >= 0.3 is 0 Å². The molecular formula is C10H21N3O. The molecule has 1 N–H and O–H groups in total. The lowest BCUT2D eigenvalue weighted by atomic mass is 10.2. The minimum atomic E-state index is 0.146. The van der Waals surface area contributed by atoms with Crippen LogP contribution in [0.1, 0.15) is 13.3 Å². The number of carbonyl (C=O) groups is 1. The van der Waals surface area contributed by atoms with Crippen LogP contribution in [0.5, 0.6) is 0 Å². The van der Waals surface area contributed by atoms with Crippen molar-refractivity contribution >= 4 is 5.91 Å². The van der Waals surface area contributed by atoms with Crippen LogP contribution in [0, 0.1) is 0 Å². The topological polar surface area (TPSA) is 35.6 Å². The molecule has 1 fully saturated rings. The standard InChI is InChI=1S/C10H21N3O/c1-8-5-9(7-13(8)4)11-6-10(14)12(2)3/h8-9,11H,5-7H2,1-4H3. The van der Waals surface area contributed by atoms with Gasteiger partial charge in [-0.05, 0) is 20.4 Å². The van der Waals surface area contributed by atoms with Crippen LogP contribution < -0.4 is 5.32 Å². The third-order valence-corrected chi connectivity index (χ3v) is 2.93. The molecule has 0 aromatic heterocycles. The molecule has 14 heavy (non-hydrogen) atoms. The minimum absolute atomic E-state index is 0.146. The van der Waals surface area contributed by atoms with E-state index in [1.807, 2.05) is 0 Å². The van der Waals surface area contributed by atoms with Crippen LogP contribution in [0.2, 0.25) is 0 Å². The predicted octanol–water partition coefficient (Wildman–Crippen LogP) is -0.243. The summed E-state index contributed by atoms with van der Waals surface area (Å²) in [5.41, 5.74) is 0. The first-order valence-corrected chi connectivity index (χ1v) is 5.14. The van der Waals surface area contributed by atoms with Crippen LogP contribution in [-0.4, -0.2) is 62.0 Å². The summed E-state index contributed by atoms with van der Waals surface area (Å²) in [7, 11) is 5.70. The van der Waals surface area contributed by atoms with Crippen LogP contribution in [0.4, 0.5) is 0 Å². The summed E-state index contributed by atoms with van der Waals surface area (Å²) in [4.78, 5) is 15.2. The van der Waals surface area contributed by atoms with E-state index in [9.17, 15) is 4.79 Å². The van der Waals surface area contributed by atoms with Gasteiger partial charge in [-0.25, -0.2) is 0 Å². The molecule has 1 aliphatic rings. The fraction of sp³-hybridized carbons (Fsp3) is 0.900. The first-order valence-electron chi connectivity index (χ1n) is 5.14. The van der Waals surface area contributed by atoms with Gasteiger partial charge in [0, 0.05) is 32.7 Å². The second-order valence-electron chi connectivity index (χ2n) is 4.39. The molecule has 2 atom stereocenters. The van der Waals surface area contributed by atoms with Gasteiger partial charge in [-0.15, -0.1) is 0 Å². The van der Waals surface area contributed by atoms with Gasteiger partial charge in [0.1, 0.15) is 0 Å². The monoisotopic (exact) mass is 199 g/mol. The Morgan fingerprint density at radius 2 is 2.21 bits per heavy atom.